The Kier molecular flexibility index (Phi) is 4.15. The summed E-state index contributed by atoms with van der Waals surface area (Å²) >= 11 is 3.42. The minimum Gasteiger partial charge on any atom is -0.426 e. The molecule has 0 aliphatic carbocycles. The molecule has 2 aromatic carbocycles. The van der Waals surface area contributed by atoms with Crippen molar-refractivity contribution in [3.63, 3.8) is 0 Å². The molecule has 18 heavy (non-hydrogen) atoms. The summed E-state index contributed by atoms with van der Waals surface area (Å²) in [6.07, 6.45) is 0. The quantitative estimate of drug-likeness (QED) is 0.483. The zero-order valence-electron chi connectivity index (χ0n) is 10.0. The van der Waals surface area contributed by atoms with Gasteiger partial charge in [-0.3, -0.25) is 4.79 Å². The molecular formula is C15H13BrO2. The van der Waals surface area contributed by atoms with Crippen molar-refractivity contribution in [1.82, 2.24) is 0 Å². The first-order valence-electron chi connectivity index (χ1n) is 5.63. The van der Waals surface area contributed by atoms with Crippen LogP contribution in [0.2, 0.25) is 0 Å². The first-order chi connectivity index (χ1) is 8.70. The van der Waals surface area contributed by atoms with E-state index in [-0.39, 0.29) is 5.97 Å². The van der Waals surface area contributed by atoms with Crippen LogP contribution in [0.3, 0.4) is 0 Å². The topological polar surface area (TPSA) is 26.3 Å². The third kappa shape index (κ3) is 2.99. The lowest BCUT2D eigenvalue weighted by Gasteiger charge is -2.09. The van der Waals surface area contributed by atoms with Gasteiger partial charge in [0.25, 0.3) is 0 Å². The molecule has 0 aromatic heterocycles. The molecule has 0 spiro atoms. The fraction of sp³-hybridized carbons (Fsp3) is 0.133. The van der Waals surface area contributed by atoms with Gasteiger partial charge in [-0.15, -0.1) is 0 Å². The standard InChI is InChI=1S/C15H13BrO2/c1-11(17)18-15-5-3-2-4-14(15)13-8-6-12(10-16)7-9-13/h2-9H,10H2,1H3. The number of ether oxygens (including phenoxy) is 1. The lowest BCUT2D eigenvalue weighted by Crippen LogP contribution is -2.02. The van der Waals surface area contributed by atoms with Gasteiger partial charge >= 0.3 is 5.97 Å². The van der Waals surface area contributed by atoms with E-state index < -0.39 is 0 Å². The molecule has 0 N–H and O–H groups in total. The molecule has 0 unspecified atom stereocenters. The van der Waals surface area contributed by atoms with Crippen LogP contribution in [0.4, 0.5) is 0 Å². The van der Waals surface area contributed by atoms with Gasteiger partial charge in [-0.2, -0.15) is 0 Å². The first-order valence-corrected chi connectivity index (χ1v) is 6.75. The Morgan fingerprint density at radius 1 is 1.11 bits per heavy atom. The van der Waals surface area contributed by atoms with Crippen molar-refractivity contribution in [2.75, 3.05) is 0 Å². The third-order valence-corrected chi connectivity index (χ3v) is 3.21. The number of benzene rings is 2. The number of hydrogen-bond acceptors (Lipinski definition) is 2. The molecule has 0 heterocycles. The van der Waals surface area contributed by atoms with Gasteiger partial charge in [-0.05, 0) is 17.2 Å². The lowest BCUT2D eigenvalue weighted by atomic mass is 10.0. The third-order valence-electron chi connectivity index (χ3n) is 2.56. The van der Waals surface area contributed by atoms with Gasteiger partial charge in [0.1, 0.15) is 5.75 Å². The van der Waals surface area contributed by atoms with E-state index in [2.05, 4.69) is 28.1 Å². The zero-order valence-corrected chi connectivity index (χ0v) is 11.6. The summed E-state index contributed by atoms with van der Waals surface area (Å²) in [5.41, 5.74) is 3.18. The number of carbonyl (C=O) groups is 1. The zero-order chi connectivity index (χ0) is 13.0. The predicted octanol–water partition coefficient (Wildman–Crippen LogP) is 4.17. The molecule has 2 aromatic rings. The molecule has 0 bridgehead atoms. The van der Waals surface area contributed by atoms with Crippen LogP contribution in [0.5, 0.6) is 5.75 Å². The minimum atomic E-state index is -0.306. The van der Waals surface area contributed by atoms with E-state index in [1.54, 1.807) is 6.07 Å². The van der Waals surface area contributed by atoms with Crippen LogP contribution in [0.15, 0.2) is 48.5 Å². The molecule has 0 atom stereocenters. The summed E-state index contributed by atoms with van der Waals surface area (Å²) in [6, 6.07) is 15.7. The van der Waals surface area contributed by atoms with Gasteiger partial charge in [0, 0.05) is 17.8 Å². The summed E-state index contributed by atoms with van der Waals surface area (Å²) < 4.78 is 5.21. The summed E-state index contributed by atoms with van der Waals surface area (Å²) in [6.45, 7) is 1.41. The molecule has 0 fully saturated rings. The van der Waals surface area contributed by atoms with E-state index in [0.29, 0.717) is 5.75 Å². The molecule has 0 aliphatic rings. The Morgan fingerprint density at radius 2 is 1.78 bits per heavy atom. The largest absolute Gasteiger partial charge is 0.426 e. The van der Waals surface area contributed by atoms with E-state index >= 15 is 0 Å². The number of halogens is 1. The Hall–Kier alpha value is -1.61. The Labute approximate surface area is 115 Å². The van der Waals surface area contributed by atoms with Crippen molar-refractivity contribution in [3.05, 3.63) is 54.1 Å². The van der Waals surface area contributed by atoms with E-state index in [4.69, 9.17) is 4.74 Å². The molecule has 0 saturated carbocycles. The van der Waals surface area contributed by atoms with Crippen LogP contribution in [-0.4, -0.2) is 5.97 Å². The van der Waals surface area contributed by atoms with E-state index in [1.807, 2.05) is 30.3 Å². The maximum Gasteiger partial charge on any atom is 0.308 e. The van der Waals surface area contributed by atoms with Crippen molar-refractivity contribution < 1.29 is 9.53 Å². The Morgan fingerprint density at radius 3 is 2.39 bits per heavy atom. The van der Waals surface area contributed by atoms with Gasteiger partial charge in [0.15, 0.2) is 0 Å². The molecule has 92 valence electrons. The molecule has 0 radical (unpaired) electrons. The molecular weight excluding hydrogens is 292 g/mol. The number of esters is 1. The second-order valence-corrected chi connectivity index (χ2v) is 4.48. The summed E-state index contributed by atoms with van der Waals surface area (Å²) in [7, 11) is 0. The smallest absolute Gasteiger partial charge is 0.308 e. The van der Waals surface area contributed by atoms with Crippen LogP contribution in [0.1, 0.15) is 12.5 Å². The molecule has 0 aliphatic heterocycles. The van der Waals surface area contributed by atoms with Crippen LogP contribution in [0, 0.1) is 0 Å². The van der Waals surface area contributed by atoms with Gasteiger partial charge < -0.3 is 4.74 Å². The van der Waals surface area contributed by atoms with Gasteiger partial charge in [-0.1, -0.05) is 58.4 Å². The lowest BCUT2D eigenvalue weighted by molar-refractivity contribution is -0.131. The van der Waals surface area contributed by atoms with Crippen molar-refractivity contribution in [3.8, 4) is 16.9 Å². The second kappa shape index (κ2) is 5.83. The molecule has 2 nitrogen and oxygen atoms in total. The van der Waals surface area contributed by atoms with Crippen LogP contribution >= 0.6 is 15.9 Å². The highest BCUT2D eigenvalue weighted by Gasteiger charge is 2.07. The fourth-order valence-electron chi connectivity index (χ4n) is 1.72. The van der Waals surface area contributed by atoms with Gasteiger partial charge in [0.05, 0.1) is 0 Å². The number of para-hydroxylation sites is 1. The van der Waals surface area contributed by atoms with Crippen molar-refractivity contribution in [2.24, 2.45) is 0 Å². The summed E-state index contributed by atoms with van der Waals surface area (Å²) in [5.74, 6) is 0.288. The predicted molar refractivity (Wildman–Crippen MR) is 75.8 cm³/mol. The normalized spacial score (nSPS) is 10.1. The average molecular weight is 305 g/mol. The highest BCUT2D eigenvalue weighted by molar-refractivity contribution is 9.08. The molecule has 3 heteroatoms. The SMILES string of the molecule is CC(=O)Oc1ccccc1-c1ccc(CBr)cc1. The summed E-state index contributed by atoms with van der Waals surface area (Å²) in [4.78, 5) is 11.1. The number of hydrogen-bond donors (Lipinski definition) is 0. The number of alkyl halides is 1. The van der Waals surface area contributed by atoms with E-state index in [9.17, 15) is 4.79 Å². The number of carbonyl (C=O) groups excluding carboxylic acids is 1. The highest BCUT2D eigenvalue weighted by Crippen LogP contribution is 2.30. The van der Waals surface area contributed by atoms with Crippen LogP contribution in [-0.2, 0) is 10.1 Å². The molecule has 0 saturated heterocycles. The van der Waals surface area contributed by atoms with Crippen LogP contribution in [0.25, 0.3) is 11.1 Å². The Bertz CT molecular complexity index is 547. The van der Waals surface area contributed by atoms with Gasteiger partial charge in [-0.25, -0.2) is 0 Å². The summed E-state index contributed by atoms with van der Waals surface area (Å²) in [5, 5.41) is 0.832. The molecule has 2 rings (SSSR count). The second-order valence-electron chi connectivity index (χ2n) is 3.92. The maximum absolute atomic E-state index is 11.1. The number of rotatable bonds is 3. The minimum absolute atomic E-state index is 0.306. The van der Waals surface area contributed by atoms with Crippen molar-refractivity contribution in [1.29, 1.82) is 0 Å². The van der Waals surface area contributed by atoms with E-state index in [0.717, 1.165) is 16.5 Å². The first kappa shape index (κ1) is 12.8. The fourth-order valence-corrected chi connectivity index (χ4v) is 2.10. The van der Waals surface area contributed by atoms with Crippen LogP contribution < -0.4 is 4.74 Å². The highest BCUT2D eigenvalue weighted by atomic mass is 79.9. The average Bonchev–Trinajstić information content (AvgIpc) is 2.39. The monoisotopic (exact) mass is 304 g/mol. The Balaban J connectivity index is 2.39. The molecule has 0 amide bonds. The van der Waals surface area contributed by atoms with Crippen molar-refractivity contribution in [2.45, 2.75) is 12.3 Å². The van der Waals surface area contributed by atoms with Gasteiger partial charge in [0.2, 0.25) is 0 Å². The maximum atomic E-state index is 11.1. The van der Waals surface area contributed by atoms with E-state index in [1.165, 1.54) is 12.5 Å². The van der Waals surface area contributed by atoms with Crippen molar-refractivity contribution >= 4 is 21.9 Å².